The Labute approximate surface area is 142 Å². The van der Waals surface area contributed by atoms with Crippen molar-refractivity contribution in [1.29, 1.82) is 5.26 Å². The van der Waals surface area contributed by atoms with Crippen molar-refractivity contribution in [2.45, 2.75) is 26.9 Å². The van der Waals surface area contributed by atoms with Crippen molar-refractivity contribution in [3.05, 3.63) is 22.7 Å². The number of nitrogens with zero attached hydrogens (tertiary/aromatic N) is 2. The summed E-state index contributed by atoms with van der Waals surface area (Å²) in [7, 11) is 0. The van der Waals surface area contributed by atoms with E-state index in [1.165, 1.54) is 12.1 Å². The fraction of sp³-hybridized carbons (Fsp3) is 0.500. The average molecular weight is 339 g/mol. The van der Waals surface area contributed by atoms with E-state index < -0.39 is 6.10 Å². The Morgan fingerprint density at radius 3 is 2.70 bits per heavy atom. The maximum absolute atomic E-state index is 12.4. The van der Waals surface area contributed by atoms with Gasteiger partial charge in [0.1, 0.15) is 11.8 Å². The first-order valence-corrected chi connectivity index (χ1v) is 7.96. The Balaban J connectivity index is 2.86. The summed E-state index contributed by atoms with van der Waals surface area (Å²) in [5.74, 6) is -0.0551. The maximum Gasteiger partial charge on any atom is 0.255 e. The SMILES string of the molecule is CCN(CC)CCNC(=O)c1cc(Cl)c(N)cc1OC(C)C#N. The Morgan fingerprint density at radius 1 is 1.48 bits per heavy atom. The molecule has 0 spiro atoms. The van der Waals surface area contributed by atoms with Crippen LogP contribution >= 0.6 is 11.6 Å². The van der Waals surface area contributed by atoms with Gasteiger partial charge in [-0.15, -0.1) is 0 Å². The van der Waals surface area contributed by atoms with Gasteiger partial charge in [0.2, 0.25) is 0 Å². The van der Waals surface area contributed by atoms with Crippen LogP contribution in [0.2, 0.25) is 5.02 Å². The van der Waals surface area contributed by atoms with E-state index in [9.17, 15) is 4.79 Å². The number of benzene rings is 1. The lowest BCUT2D eigenvalue weighted by atomic mass is 10.1. The molecule has 0 aromatic heterocycles. The Kier molecular flexibility index (Phi) is 7.66. The molecule has 1 aromatic carbocycles. The molecule has 0 saturated carbocycles. The van der Waals surface area contributed by atoms with Crippen LogP contribution in [0.25, 0.3) is 0 Å². The monoisotopic (exact) mass is 338 g/mol. The van der Waals surface area contributed by atoms with Crippen LogP contribution in [-0.4, -0.2) is 43.1 Å². The van der Waals surface area contributed by atoms with Crippen molar-refractivity contribution in [3.8, 4) is 11.8 Å². The molecule has 6 nitrogen and oxygen atoms in total. The number of nitriles is 1. The van der Waals surface area contributed by atoms with Gasteiger partial charge in [-0.2, -0.15) is 5.26 Å². The summed E-state index contributed by atoms with van der Waals surface area (Å²) in [4.78, 5) is 14.6. The summed E-state index contributed by atoms with van der Waals surface area (Å²) in [5, 5.41) is 12.0. The normalized spacial score (nSPS) is 11.8. The zero-order valence-corrected chi connectivity index (χ0v) is 14.5. The van der Waals surface area contributed by atoms with E-state index in [-0.39, 0.29) is 22.2 Å². The second-order valence-corrected chi connectivity index (χ2v) is 5.45. The van der Waals surface area contributed by atoms with Gasteiger partial charge in [-0.25, -0.2) is 0 Å². The fourth-order valence-electron chi connectivity index (χ4n) is 2.02. The number of hydrogen-bond donors (Lipinski definition) is 2. The van der Waals surface area contributed by atoms with E-state index in [1.54, 1.807) is 6.92 Å². The second-order valence-electron chi connectivity index (χ2n) is 5.04. The minimum absolute atomic E-state index is 0.251. The second kappa shape index (κ2) is 9.23. The molecular weight excluding hydrogens is 316 g/mol. The number of nitrogen functional groups attached to an aromatic ring is 1. The number of amides is 1. The van der Waals surface area contributed by atoms with Crippen molar-refractivity contribution >= 4 is 23.2 Å². The van der Waals surface area contributed by atoms with Gasteiger partial charge in [-0.05, 0) is 26.1 Å². The average Bonchev–Trinajstić information content (AvgIpc) is 2.54. The minimum Gasteiger partial charge on any atom is -0.475 e. The molecule has 7 heteroatoms. The van der Waals surface area contributed by atoms with Crippen molar-refractivity contribution < 1.29 is 9.53 Å². The van der Waals surface area contributed by atoms with Gasteiger partial charge in [0.15, 0.2) is 6.10 Å². The zero-order chi connectivity index (χ0) is 17.4. The van der Waals surface area contributed by atoms with Crippen LogP contribution in [0.3, 0.4) is 0 Å². The number of nitrogens with two attached hydrogens (primary N) is 1. The highest BCUT2D eigenvalue weighted by atomic mass is 35.5. The number of anilines is 1. The summed E-state index contributed by atoms with van der Waals surface area (Å²) < 4.78 is 5.45. The van der Waals surface area contributed by atoms with Gasteiger partial charge in [0.25, 0.3) is 5.91 Å². The number of halogens is 1. The molecule has 1 amide bonds. The molecule has 1 rings (SSSR count). The molecule has 1 aromatic rings. The summed E-state index contributed by atoms with van der Waals surface area (Å²) >= 11 is 6.00. The molecule has 0 bridgehead atoms. The van der Waals surface area contributed by atoms with E-state index in [0.29, 0.717) is 12.2 Å². The lowest BCUT2D eigenvalue weighted by Gasteiger charge is -2.19. The Hall–Kier alpha value is -1.97. The molecule has 0 heterocycles. The highest BCUT2D eigenvalue weighted by Crippen LogP contribution is 2.29. The van der Waals surface area contributed by atoms with E-state index >= 15 is 0 Å². The van der Waals surface area contributed by atoms with Crippen molar-refractivity contribution in [2.24, 2.45) is 0 Å². The quantitative estimate of drug-likeness (QED) is 0.709. The minimum atomic E-state index is -0.696. The number of rotatable bonds is 8. The summed E-state index contributed by atoms with van der Waals surface area (Å²) in [6, 6.07) is 4.88. The Bertz CT molecular complexity index is 582. The third-order valence-electron chi connectivity index (χ3n) is 3.44. The first kappa shape index (κ1) is 19.1. The molecule has 0 aliphatic rings. The summed E-state index contributed by atoms with van der Waals surface area (Å²) in [6.45, 7) is 8.84. The van der Waals surface area contributed by atoms with E-state index in [2.05, 4.69) is 24.1 Å². The molecule has 0 radical (unpaired) electrons. The van der Waals surface area contributed by atoms with Gasteiger partial charge >= 0.3 is 0 Å². The van der Waals surface area contributed by atoms with Crippen molar-refractivity contribution in [2.75, 3.05) is 31.9 Å². The molecular formula is C16H23ClN4O2. The lowest BCUT2D eigenvalue weighted by Crippen LogP contribution is -2.35. The molecule has 0 aliphatic carbocycles. The number of carbonyl (C=O) groups is 1. The van der Waals surface area contributed by atoms with Gasteiger partial charge in [0, 0.05) is 19.2 Å². The number of hydrogen-bond acceptors (Lipinski definition) is 5. The topological polar surface area (TPSA) is 91.4 Å². The van der Waals surface area contributed by atoms with Crippen LogP contribution in [0.1, 0.15) is 31.1 Å². The maximum atomic E-state index is 12.4. The molecule has 0 saturated heterocycles. The number of ether oxygens (including phenoxy) is 1. The van der Waals surface area contributed by atoms with E-state index in [4.69, 9.17) is 27.3 Å². The molecule has 0 aliphatic heterocycles. The van der Waals surface area contributed by atoms with Crippen LogP contribution in [0.15, 0.2) is 12.1 Å². The number of carbonyl (C=O) groups excluding carboxylic acids is 1. The molecule has 1 unspecified atom stereocenters. The molecule has 23 heavy (non-hydrogen) atoms. The van der Waals surface area contributed by atoms with Gasteiger partial charge in [-0.3, -0.25) is 4.79 Å². The van der Waals surface area contributed by atoms with Crippen LogP contribution in [-0.2, 0) is 0 Å². The van der Waals surface area contributed by atoms with Crippen LogP contribution in [0.4, 0.5) is 5.69 Å². The smallest absolute Gasteiger partial charge is 0.255 e. The molecule has 3 N–H and O–H groups in total. The van der Waals surface area contributed by atoms with Crippen LogP contribution < -0.4 is 15.8 Å². The van der Waals surface area contributed by atoms with Gasteiger partial charge < -0.3 is 20.7 Å². The van der Waals surface area contributed by atoms with E-state index in [1.807, 2.05) is 6.07 Å². The lowest BCUT2D eigenvalue weighted by molar-refractivity contribution is 0.0944. The number of likely N-dealkylation sites (N-methyl/N-ethyl adjacent to an activating group) is 1. The Morgan fingerprint density at radius 2 is 2.13 bits per heavy atom. The van der Waals surface area contributed by atoms with Gasteiger partial charge in [0.05, 0.1) is 16.3 Å². The predicted molar refractivity (Wildman–Crippen MR) is 91.7 cm³/mol. The number of nitrogens with one attached hydrogen (secondary N) is 1. The van der Waals surface area contributed by atoms with Crippen molar-refractivity contribution in [3.63, 3.8) is 0 Å². The molecule has 0 fully saturated rings. The highest BCUT2D eigenvalue weighted by Gasteiger charge is 2.17. The fourth-order valence-corrected chi connectivity index (χ4v) is 2.19. The van der Waals surface area contributed by atoms with Gasteiger partial charge in [-0.1, -0.05) is 25.4 Å². The third kappa shape index (κ3) is 5.62. The van der Waals surface area contributed by atoms with Crippen molar-refractivity contribution in [1.82, 2.24) is 10.2 Å². The third-order valence-corrected chi connectivity index (χ3v) is 3.76. The first-order chi connectivity index (χ1) is 10.9. The van der Waals surface area contributed by atoms with Crippen LogP contribution in [0, 0.1) is 11.3 Å². The van der Waals surface area contributed by atoms with E-state index in [0.717, 1.165) is 19.6 Å². The predicted octanol–water partition coefficient (Wildman–Crippen LogP) is 2.28. The summed E-state index contributed by atoms with van der Waals surface area (Å²) in [6.07, 6.45) is -0.696. The summed E-state index contributed by atoms with van der Waals surface area (Å²) in [5.41, 5.74) is 6.32. The molecule has 126 valence electrons. The highest BCUT2D eigenvalue weighted by molar-refractivity contribution is 6.33. The molecule has 1 atom stereocenters. The van der Waals surface area contributed by atoms with Crippen LogP contribution in [0.5, 0.6) is 5.75 Å². The zero-order valence-electron chi connectivity index (χ0n) is 13.7. The first-order valence-electron chi connectivity index (χ1n) is 7.58. The standard InChI is InChI=1S/C16H23ClN4O2/c1-4-21(5-2)7-6-20-16(22)12-8-13(17)14(19)9-15(12)23-11(3)10-18/h8-9,11H,4-7,19H2,1-3H3,(H,20,22). The largest absolute Gasteiger partial charge is 0.475 e.